The number of phenols is 1. The molecule has 0 aliphatic carbocycles. The number of hydrogen-bond acceptors (Lipinski definition) is 5. The minimum Gasteiger partial charge on any atom is -0.508 e. The topological polar surface area (TPSA) is 119 Å². The zero-order chi connectivity index (χ0) is 29.1. The van der Waals surface area contributed by atoms with Crippen molar-refractivity contribution in [1.82, 2.24) is 15.5 Å². The number of carbonyl (C=O) groups excluding carboxylic acids is 3. The first-order valence-corrected chi connectivity index (χ1v) is 13.0. The molecule has 2 aromatic rings. The van der Waals surface area contributed by atoms with Crippen LogP contribution in [0.15, 0.2) is 42.5 Å². The number of aliphatic hydroxyl groups is 1. The van der Waals surface area contributed by atoms with Crippen molar-refractivity contribution in [2.75, 3.05) is 13.1 Å². The molecule has 0 aromatic heterocycles. The molecule has 3 atom stereocenters. The van der Waals surface area contributed by atoms with Crippen LogP contribution in [0.25, 0.3) is 0 Å². The number of aliphatic hydroxyl groups excluding tert-OH is 1. The van der Waals surface area contributed by atoms with E-state index in [1.165, 1.54) is 19.9 Å². The quantitative estimate of drug-likeness (QED) is 0.386. The number of aryl methyl sites for hydroxylation is 1. The van der Waals surface area contributed by atoms with Crippen LogP contribution in [0.2, 0.25) is 0 Å². The van der Waals surface area contributed by atoms with Gasteiger partial charge < -0.3 is 25.7 Å². The molecule has 1 heterocycles. The Morgan fingerprint density at radius 2 is 1.77 bits per heavy atom. The van der Waals surface area contributed by atoms with E-state index in [1.807, 2.05) is 6.92 Å². The maximum absolute atomic E-state index is 15.1. The van der Waals surface area contributed by atoms with Crippen molar-refractivity contribution < 1.29 is 33.4 Å². The number of nitrogens with one attached hydrogen (secondary N) is 2. The van der Waals surface area contributed by atoms with Crippen LogP contribution in [-0.4, -0.2) is 70.0 Å². The normalized spacial score (nSPS) is 19.3. The summed E-state index contributed by atoms with van der Waals surface area (Å²) in [4.78, 5) is 40.6. The van der Waals surface area contributed by atoms with E-state index in [1.54, 1.807) is 50.2 Å². The van der Waals surface area contributed by atoms with E-state index in [4.69, 9.17) is 0 Å². The molecular weight excluding hydrogens is 508 g/mol. The maximum atomic E-state index is 15.1. The molecule has 39 heavy (non-hydrogen) atoms. The summed E-state index contributed by atoms with van der Waals surface area (Å²) in [5.74, 6) is -5.94. The fraction of sp³-hybridized carbons (Fsp3) is 0.483. The predicted molar refractivity (Wildman–Crippen MR) is 143 cm³/mol. The number of aromatic hydroxyl groups is 1. The first-order valence-electron chi connectivity index (χ1n) is 13.0. The highest BCUT2D eigenvalue weighted by molar-refractivity contribution is 5.97. The highest BCUT2D eigenvalue weighted by Crippen LogP contribution is 2.48. The molecule has 3 rings (SSSR count). The van der Waals surface area contributed by atoms with Gasteiger partial charge in [0.05, 0.1) is 18.0 Å². The molecule has 2 aromatic carbocycles. The van der Waals surface area contributed by atoms with Gasteiger partial charge in [-0.3, -0.25) is 14.4 Å². The van der Waals surface area contributed by atoms with Crippen molar-refractivity contribution in [2.24, 2.45) is 5.41 Å². The Bertz CT molecular complexity index is 1220. The lowest BCUT2D eigenvalue weighted by atomic mass is 9.81. The molecule has 0 saturated carbocycles. The van der Waals surface area contributed by atoms with Gasteiger partial charge in [-0.2, -0.15) is 0 Å². The molecule has 0 bridgehead atoms. The largest absolute Gasteiger partial charge is 0.508 e. The zero-order valence-electron chi connectivity index (χ0n) is 22.9. The number of rotatable bonds is 9. The summed E-state index contributed by atoms with van der Waals surface area (Å²) < 4.78 is 30.2. The van der Waals surface area contributed by atoms with Gasteiger partial charge in [0.15, 0.2) is 6.10 Å². The van der Waals surface area contributed by atoms with Gasteiger partial charge in [-0.15, -0.1) is 0 Å². The maximum Gasteiger partial charge on any atom is 0.272 e. The molecule has 212 valence electrons. The Morgan fingerprint density at radius 1 is 1.13 bits per heavy atom. The third kappa shape index (κ3) is 6.21. The summed E-state index contributed by atoms with van der Waals surface area (Å²) in [6.45, 7) is 6.72. The van der Waals surface area contributed by atoms with Crippen LogP contribution in [0.1, 0.15) is 54.2 Å². The van der Waals surface area contributed by atoms with E-state index in [0.29, 0.717) is 23.1 Å². The molecule has 10 heteroatoms. The summed E-state index contributed by atoms with van der Waals surface area (Å²) in [6, 6.07) is 9.11. The van der Waals surface area contributed by atoms with Crippen LogP contribution < -0.4 is 10.6 Å². The first kappa shape index (κ1) is 30.0. The molecule has 4 N–H and O–H groups in total. The van der Waals surface area contributed by atoms with E-state index < -0.39 is 53.8 Å². The van der Waals surface area contributed by atoms with Crippen LogP contribution >= 0.6 is 0 Å². The third-order valence-electron chi connectivity index (χ3n) is 7.41. The molecule has 1 saturated heterocycles. The fourth-order valence-electron chi connectivity index (χ4n) is 4.89. The monoisotopic (exact) mass is 545 g/mol. The molecule has 1 aliphatic heterocycles. The van der Waals surface area contributed by atoms with Crippen LogP contribution in [0.3, 0.4) is 0 Å². The molecular formula is C29H37F2N3O5. The van der Waals surface area contributed by atoms with Crippen molar-refractivity contribution in [3.05, 3.63) is 64.7 Å². The van der Waals surface area contributed by atoms with Gasteiger partial charge in [-0.25, -0.2) is 8.78 Å². The zero-order valence-corrected chi connectivity index (χ0v) is 22.9. The van der Waals surface area contributed by atoms with Gasteiger partial charge in [0, 0.05) is 17.7 Å². The van der Waals surface area contributed by atoms with Crippen molar-refractivity contribution in [3.8, 4) is 5.75 Å². The van der Waals surface area contributed by atoms with E-state index in [2.05, 4.69) is 10.6 Å². The van der Waals surface area contributed by atoms with E-state index in [-0.39, 0.29) is 24.3 Å². The second-order valence-electron chi connectivity index (χ2n) is 10.8. The number of nitrogens with zero attached hydrogens (tertiary/aromatic N) is 1. The second kappa shape index (κ2) is 11.7. The van der Waals surface area contributed by atoms with Gasteiger partial charge >= 0.3 is 0 Å². The summed E-state index contributed by atoms with van der Waals surface area (Å²) in [6.07, 6.45) is -1.35. The lowest BCUT2D eigenvalue weighted by Crippen LogP contribution is -2.57. The van der Waals surface area contributed by atoms with Crippen LogP contribution in [0.4, 0.5) is 8.78 Å². The smallest absolute Gasteiger partial charge is 0.272 e. The first-order chi connectivity index (χ1) is 18.2. The lowest BCUT2D eigenvalue weighted by molar-refractivity contribution is -0.148. The minimum absolute atomic E-state index is 0.0106. The van der Waals surface area contributed by atoms with Crippen molar-refractivity contribution in [1.29, 1.82) is 0 Å². The third-order valence-corrected chi connectivity index (χ3v) is 7.41. The van der Waals surface area contributed by atoms with Crippen molar-refractivity contribution >= 4 is 17.7 Å². The second-order valence-corrected chi connectivity index (χ2v) is 10.8. The highest BCUT2D eigenvalue weighted by Gasteiger charge is 2.64. The van der Waals surface area contributed by atoms with Gasteiger partial charge in [0.2, 0.25) is 5.91 Å². The Balaban J connectivity index is 1.96. The Labute approximate surface area is 227 Å². The lowest BCUT2D eigenvalue weighted by Gasteiger charge is -2.34. The molecule has 8 nitrogen and oxygen atoms in total. The van der Waals surface area contributed by atoms with Crippen molar-refractivity contribution in [3.63, 3.8) is 0 Å². The Morgan fingerprint density at radius 3 is 2.38 bits per heavy atom. The van der Waals surface area contributed by atoms with Crippen LogP contribution in [0, 0.1) is 19.3 Å². The van der Waals surface area contributed by atoms with Crippen molar-refractivity contribution in [2.45, 2.75) is 71.6 Å². The molecule has 0 radical (unpaired) electrons. The number of amides is 3. The van der Waals surface area contributed by atoms with Gasteiger partial charge in [-0.1, -0.05) is 51.1 Å². The molecule has 1 aliphatic rings. The van der Waals surface area contributed by atoms with Crippen LogP contribution in [0.5, 0.6) is 5.75 Å². The molecule has 0 spiro atoms. The summed E-state index contributed by atoms with van der Waals surface area (Å²) in [5.41, 5.74) is -0.124. The van der Waals surface area contributed by atoms with E-state index in [0.717, 1.165) is 4.90 Å². The van der Waals surface area contributed by atoms with Crippen LogP contribution in [-0.2, 0) is 16.0 Å². The average molecular weight is 546 g/mol. The number of hydrogen-bond donors (Lipinski definition) is 4. The summed E-state index contributed by atoms with van der Waals surface area (Å²) in [7, 11) is 0. The molecule has 3 amide bonds. The minimum atomic E-state index is -3.40. The number of alkyl halides is 2. The number of halogens is 2. The van der Waals surface area contributed by atoms with Gasteiger partial charge in [0.25, 0.3) is 17.7 Å². The van der Waals surface area contributed by atoms with E-state index >= 15 is 8.78 Å². The average Bonchev–Trinajstić information content (AvgIpc) is 3.07. The summed E-state index contributed by atoms with van der Waals surface area (Å²) in [5, 5.41) is 26.7. The number of carbonyl (C=O) groups is 3. The molecule has 1 unspecified atom stereocenters. The number of phenolic OH excluding ortho intramolecular Hbond substituents is 1. The Hall–Kier alpha value is -3.53. The van der Waals surface area contributed by atoms with Gasteiger partial charge in [-0.05, 0) is 49.9 Å². The van der Waals surface area contributed by atoms with Gasteiger partial charge in [0.1, 0.15) is 11.8 Å². The Kier molecular flexibility index (Phi) is 9.00. The fourth-order valence-corrected chi connectivity index (χ4v) is 4.89. The van der Waals surface area contributed by atoms with E-state index in [9.17, 15) is 24.6 Å². The predicted octanol–water partition coefficient (Wildman–Crippen LogP) is 3.11. The SMILES string of the molecule is CCCNC(=O)C1N(C(=O)[C@@H](O)[C@H](Cc2ccccc2)NC(=O)c2cc(C)cc(O)c2C)CC(F)(F)C1(C)C. The number of likely N-dealkylation sites (tertiary alicyclic amines) is 1. The highest BCUT2D eigenvalue weighted by atomic mass is 19.3. The standard InChI is InChI=1S/C29H37F2N3O5/c1-6-12-32-26(38)24-28(4,5)29(30,31)16-34(24)27(39)23(36)21(15-19-10-8-7-9-11-19)33-25(37)20-13-17(2)14-22(35)18(20)3/h7-11,13-14,21,23-24,35-36H,6,12,15-16H2,1-5H3,(H,32,38)(H,33,37)/t21-,23-,24?/m0/s1. The molecule has 1 fully saturated rings. The summed E-state index contributed by atoms with van der Waals surface area (Å²) >= 11 is 0. The number of benzene rings is 2.